The van der Waals surface area contributed by atoms with Crippen LogP contribution in [0.4, 0.5) is 0 Å². The lowest BCUT2D eigenvalue weighted by Gasteiger charge is -2.01. The van der Waals surface area contributed by atoms with E-state index in [-0.39, 0.29) is 17.8 Å². The molecule has 2 atom stereocenters. The van der Waals surface area contributed by atoms with Crippen molar-refractivity contribution in [3.63, 3.8) is 0 Å². The maximum atomic E-state index is 11.4. The number of esters is 1. The van der Waals surface area contributed by atoms with Crippen molar-refractivity contribution >= 4 is 5.97 Å². The van der Waals surface area contributed by atoms with Gasteiger partial charge in [0.2, 0.25) is 0 Å². The minimum atomic E-state index is -0.0829. The third kappa shape index (κ3) is 1.52. The molecule has 1 saturated carbocycles. The number of carbonyl (C=O) groups excluding carboxylic acids is 1. The molecule has 1 fully saturated rings. The van der Waals surface area contributed by atoms with Gasteiger partial charge in [0.15, 0.2) is 0 Å². The van der Waals surface area contributed by atoms with Gasteiger partial charge in [-0.3, -0.25) is 4.79 Å². The van der Waals surface area contributed by atoms with Crippen molar-refractivity contribution in [1.29, 1.82) is 0 Å². The molecule has 14 heavy (non-hydrogen) atoms. The Kier molecular flexibility index (Phi) is 2.27. The van der Waals surface area contributed by atoms with E-state index in [2.05, 4.69) is 4.98 Å². The quantitative estimate of drug-likeness (QED) is 0.676. The van der Waals surface area contributed by atoms with Crippen molar-refractivity contribution in [3.05, 3.63) is 18.2 Å². The van der Waals surface area contributed by atoms with E-state index in [1.54, 1.807) is 6.20 Å². The Labute approximate surface area is 82.9 Å². The van der Waals surface area contributed by atoms with Crippen LogP contribution in [0.2, 0.25) is 0 Å². The zero-order valence-electron chi connectivity index (χ0n) is 8.43. The number of carbonyl (C=O) groups is 1. The molecule has 0 spiro atoms. The number of rotatable bonds is 3. The lowest BCUT2D eigenvalue weighted by Crippen LogP contribution is -2.08. The van der Waals surface area contributed by atoms with Crippen LogP contribution in [-0.2, 0) is 16.6 Å². The van der Waals surface area contributed by atoms with E-state index in [9.17, 15) is 4.79 Å². The molecule has 0 aliphatic heterocycles. The fourth-order valence-electron chi connectivity index (χ4n) is 1.72. The fraction of sp³-hybridized carbons (Fsp3) is 0.600. The van der Waals surface area contributed by atoms with Gasteiger partial charge in [-0.25, -0.2) is 4.98 Å². The van der Waals surface area contributed by atoms with E-state index in [4.69, 9.17) is 4.74 Å². The molecule has 4 heteroatoms. The SMILES string of the molecule is CCOC(=O)[C@@H]1C[C@H]1c1nccn1C. The summed E-state index contributed by atoms with van der Waals surface area (Å²) in [5, 5.41) is 0. The summed E-state index contributed by atoms with van der Waals surface area (Å²) in [5.41, 5.74) is 0. The van der Waals surface area contributed by atoms with Crippen LogP contribution in [0.3, 0.4) is 0 Å². The minimum Gasteiger partial charge on any atom is -0.466 e. The molecular formula is C10H14N2O2. The number of ether oxygens (including phenoxy) is 1. The fourth-order valence-corrected chi connectivity index (χ4v) is 1.72. The topological polar surface area (TPSA) is 44.1 Å². The van der Waals surface area contributed by atoms with E-state index in [1.165, 1.54) is 0 Å². The minimum absolute atomic E-state index is 0.0380. The van der Waals surface area contributed by atoms with Crippen molar-refractivity contribution in [2.24, 2.45) is 13.0 Å². The molecular weight excluding hydrogens is 180 g/mol. The number of aryl methyl sites for hydroxylation is 1. The summed E-state index contributed by atoms with van der Waals surface area (Å²) in [7, 11) is 1.95. The third-order valence-electron chi connectivity index (χ3n) is 2.57. The average molecular weight is 194 g/mol. The molecule has 0 saturated heterocycles. The highest BCUT2D eigenvalue weighted by atomic mass is 16.5. The molecule has 1 aliphatic rings. The van der Waals surface area contributed by atoms with Crippen molar-refractivity contribution in [2.75, 3.05) is 6.61 Å². The van der Waals surface area contributed by atoms with E-state index in [0.29, 0.717) is 6.61 Å². The Hall–Kier alpha value is -1.32. The monoisotopic (exact) mass is 194 g/mol. The van der Waals surface area contributed by atoms with Gasteiger partial charge in [0.05, 0.1) is 12.5 Å². The van der Waals surface area contributed by atoms with E-state index < -0.39 is 0 Å². The first kappa shape index (κ1) is 9.24. The highest BCUT2D eigenvalue weighted by Gasteiger charge is 2.47. The second-order valence-electron chi connectivity index (χ2n) is 3.60. The lowest BCUT2D eigenvalue weighted by molar-refractivity contribution is -0.144. The molecule has 1 heterocycles. The maximum absolute atomic E-state index is 11.4. The Morgan fingerprint density at radius 1 is 1.79 bits per heavy atom. The number of hydrogen-bond acceptors (Lipinski definition) is 3. The standard InChI is InChI=1S/C10H14N2O2/c1-3-14-10(13)8-6-7(8)9-11-4-5-12(9)2/h4-5,7-8H,3,6H2,1-2H3/t7-,8-/m1/s1. The Morgan fingerprint density at radius 3 is 3.14 bits per heavy atom. The summed E-state index contributed by atoms with van der Waals surface area (Å²) in [4.78, 5) is 15.6. The highest BCUT2D eigenvalue weighted by molar-refractivity contribution is 5.77. The van der Waals surface area contributed by atoms with Gasteiger partial charge in [-0.15, -0.1) is 0 Å². The normalized spacial score (nSPS) is 24.7. The van der Waals surface area contributed by atoms with Gasteiger partial charge in [0.1, 0.15) is 5.82 Å². The molecule has 0 bridgehead atoms. The van der Waals surface area contributed by atoms with E-state index in [1.807, 2.05) is 24.7 Å². The van der Waals surface area contributed by atoms with Crippen molar-refractivity contribution < 1.29 is 9.53 Å². The molecule has 0 N–H and O–H groups in total. The predicted molar refractivity (Wildman–Crippen MR) is 50.7 cm³/mol. The largest absolute Gasteiger partial charge is 0.466 e. The summed E-state index contributed by atoms with van der Waals surface area (Å²) < 4.78 is 6.92. The predicted octanol–water partition coefficient (Wildman–Crippen LogP) is 1.09. The molecule has 0 radical (unpaired) electrons. The van der Waals surface area contributed by atoms with Crippen LogP contribution in [-0.4, -0.2) is 22.1 Å². The van der Waals surface area contributed by atoms with Gasteiger partial charge >= 0.3 is 5.97 Å². The smallest absolute Gasteiger partial charge is 0.309 e. The van der Waals surface area contributed by atoms with Crippen molar-refractivity contribution in [3.8, 4) is 0 Å². The van der Waals surface area contributed by atoms with Gasteiger partial charge in [0, 0.05) is 25.4 Å². The van der Waals surface area contributed by atoms with Crippen LogP contribution in [0.5, 0.6) is 0 Å². The molecule has 4 nitrogen and oxygen atoms in total. The first-order valence-corrected chi connectivity index (χ1v) is 4.88. The van der Waals surface area contributed by atoms with Crippen LogP contribution in [0.15, 0.2) is 12.4 Å². The molecule has 1 aromatic heterocycles. The second kappa shape index (κ2) is 3.44. The Balaban J connectivity index is 1.99. The van der Waals surface area contributed by atoms with Crippen LogP contribution < -0.4 is 0 Å². The lowest BCUT2D eigenvalue weighted by atomic mass is 10.3. The second-order valence-corrected chi connectivity index (χ2v) is 3.60. The van der Waals surface area contributed by atoms with Crippen molar-refractivity contribution in [1.82, 2.24) is 9.55 Å². The van der Waals surface area contributed by atoms with E-state index in [0.717, 1.165) is 12.2 Å². The van der Waals surface area contributed by atoms with Gasteiger partial charge in [-0.2, -0.15) is 0 Å². The van der Waals surface area contributed by atoms with Gasteiger partial charge < -0.3 is 9.30 Å². The summed E-state index contributed by atoms with van der Waals surface area (Å²) in [6, 6.07) is 0. The molecule has 76 valence electrons. The summed E-state index contributed by atoms with van der Waals surface area (Å²) in [6.45, 7) is 2.29. The Morgan fingerprint density at radius 2 is 2.57 bits per heavy atom. The van der Waals surface area contributed by atoms with Crippen LogP contribution >= 0.6 is 0 Å². The molecule has 1 aromatic rings. The van der Waals surface area contributed by atoms with Crippen LogP contribution in [0.25, 0.3) is 0 Å². The molecule has 0 aromatic carbocycles. The highest BCUT2D eigenvalue weighted by Crippen LogP contribution is 2.47. The zero-order chi connectivity index (χ0) is 10.1. The van der Waals surface area contributed by atoms with Gasteiger partial charge in [-0.1, -0.05) is 0 Å². The molecule has 0 unspecified atom stereocenters. The summed E-state index contributed by atoms with van der Waals surface area (Å²) in [6.07, 6.45) is 4.54. The molecule has 0 amide bonds. The van der Waals surface area contributed by atoms with Gasteiger partial charge in [-0.05, 0) is 13.3 Å². The molecule has 1 aliphatic carbocycles. The van der Waals surface area contributed by atoms with Crippen LogP contribution in [0, 0.1) is 5.92 Å². The first-order valence-electron chi connectivity index (χ1n) is 4.88. The average Bonchev–Trinajstić information content (AvgIpc) is 2.84. The number of nitrogens with zero attached hydrogens (tertiary/aromatic N) is 2. The number of hydrogen-bond donors (Lipinski definition) is 0. The van der Waals surface area contributed by atoms with E-state index >= 15 is 0 Å². The number of aromatic nitrogens is 2. The molecule has 2 rings (SSSR count). The number of imidazole rings is 1. The first-order chi connectivity index (χ1) is 6.74. The third-order valence-corrected chi connectivity index (χ3v) is 2.57. The van der Waals surface area contributed by atoms with Crippen LogP contribution in [0.1, 0.15) is 25.1 Å². The zero-order valence-corrected chi connectivity index (χ0v) is 8.43. The van der Waals surface area contributed by atoms with Crippen molar-refractivity contribution in [2.45, 2.75) is 19.3 Å². The summed E-state index contributed by atoms with van der Waals surface area (Å²) in [5.74, 6) is 1.22. The maximum Gasteiger partial charge on any atom is 0.309 e. The van der Waals surface area contributed by atoms with Gasteiger partial charge in [0.25, 0.3) is 0 Å². The Bertz CT molecular complexity index is 346. The summed E-state index contributed by atoms with van der Waals surface area (Å²) >= 11 is 0.